The minimum absolute atomic E-state index is 0.247. The quantitative estimate of drug-likeness (QED) is 0.493. The molecule has 0 saturated heterocycles. The standard InChI is InChI=1S/C7H4N2O/c10-7-8-5-3-1-2-4-6(5)9-7/h1-4H/i3D. The van der Waals surface area contributed by atoms with Crippen molar-refractivity contribution in [1.82, 2.24) is 0 Å². The lowest BCUT2D eigenvalue weighted by Gasteiger charge is -1.75. The number of nitrogens with zero attached hydrogens (tertiary/aromatic N) is 2. The first kappa shape index (κ1) is 4.33. The fourth-order valence-electron chi connectivity index (χ4n) is 0.823. The number of benzene rings is 1. The number of carbonyl (C=O) groups is 1. The number of rotatable bonds is 0. The summed E-state index contributed by atoms with van der Waals surface area (Å²) in [6.45, 7) is 0. The molecule has 0 aliphatic carbocycles. The molecule has 1 heterocycles. The molecule has 0 N–H and O–H groups in total. The van der Waals surface area contributed by atoms with E-state index in [1.807, 2.05) is 0 Å². The fourth-order valence-corrected chi connectivity index (χ4v) is 0.823. The molecular formula is C7H4N2O. The molecule has 0 radical (unpaired) electrons. The lowest BCUT2D eigenvalue weighted by atomic mass is 10.3. The van der Waals surface area contributed by atoms with Gasteiger partial charge in [0.05, 0.1) is 12.1 Å². The molecule has 0 saturated carbocycles. The first-order chi connectivity index (χ1) is 5.27. The Hall–Kier alpha value is -1.51. The topological polar surface area (TPSA) is 41.8 Å². The Morgan fingerprint density at radius 2 is 2.10 bits per heavy atom. The summed E-state index contributed by atoms with van der Waals surface area (Å²) in [4.78, 5) is 17.8. The van der Waals surface area contributed by atoms with E-state index >= 15 is 0 Å². The van der Waals surface area contributed by atoms with Gasteiger partial charge in [0.15, 0.2) is 0 Å². The Morgan fingerprint density at radius 3 is 2.90 bits per heavy atom. The highest BCUT2D eigenvalue weighted by molar-refractivity contribution is 5.77. The number of fused-ring (bicyclic) bond motifs is 1. The molecule has 0 spiro atoms. The van der Waals surface area contributed by atoms with E-state index in [1.165, 1.54) is 0 Å². The summed E-state index contributed by atoms with van der Waals surface area (Å²) in [5.74, 6) is 0. The van der Waals surface area contributed by atoms with Gasteiger partial charge >= 0.3 is 6.03 Å². The fraction of sp³-hybridized carbons (Fsp3) is 0. The zero-order valence-corrected chi connectivity index (χ0v) is 5.03. The third kappa shape index (κ3) is 0.639. The van der Waals surface area contributed by atoms with Crippen LogP contribution in [0.15, 0.2) is 34.2 Å². The van der Waals surface area contributed by atoms with Gasteiger partial charge < -0.3 is 0 Å². The van der Waals surface area contributed by atoms with Gasteiger partial charge in [-0.15, -0.1) is 0 Å². The van der Waals surface area contributed by atoms with Gasteiger partial charge in [0, 0.05) is 0 Å². The van der Waals surface area contributed by atoms with E-state index in [0.29, 0.717) is 10.7 Å². The molecule has 1 aliphatic rings. The molecule has 0 aromatic heterocycles. The van der Waals surface area contributed by atoms with Gasteiger partial charge in [-0.1, -0.05) is 12.1 Å². The number of urea groups is 1. The van der Waals surface area contributed by atoms with Crippen molar-refractivity contribution >= 4 is 6.03 Å². The molecule has 0 atom stereocenters. The Labute approximate surface area is 58.1 Å². The molecule has 0 fully saturated rings. The van der Waals surface area contributed by atoms with Gasteiger partial charge in [0.25, 0.3) is 0 Å². The molecular weight excluding hydrogens is 128 g/mol. The van der Waals surface area contributed by atoms with Crippen LogP contribution in [-0.4, -0.2) is 6.03 Å². The number of amides is 2. The van der Waals surface area contributed by atoms with Crippen LogP contribution in [0.5, 0.6) is 0 Å². The predicted molar refractivity (Wildman–Crippen MR) is 34.2 cm³/mol. The number of carbonyl (C=O) groups excluding carboxylic acids is 1. The van der Waals surface area contributed by atoms with Crippen molar-refractivity contribution in [3.8, 4) is 0 Å². The summed E-state index contributed by atoms with van der Waals surface area (Å²) in [6, 6.07) is 4.66. The van der Waals surface area contributed by atoms with Crippen LogP contribution < -0.4 is 10.7 Å². The molecule has 0 unspecified atom stereocenters. The summed E-state index contributed by atoms with van der Waals surface area (Å²) < 4.78 is 7.34. The maximum Gasteiger partial charge on any atom is 0.368 e. The van der Waals surface area contributed by atoms with Crippen molar-refractivity contribution in [1.29, 1.82) is 0 Å². The second-order valence-electron chi connectivity index (χ2n) is 1.91. The molecule has 2 rings (SSSR count). The first-order valence-electron chi connectivity index (χ1n) is 3.34. The van der Waals surface area contributed by atoms with Gasteiger partial charge in [-0.25, -0.2) is 4.79 Å². The van der Waals surface area contributed by atoms with E-state index in [0.717, 1.165) is 0 Å². The van der Waals surface area contributed by atoms with E-state index in [2.05, 4.69) is 9.98 Å². The molecule has 3 heteroatoms. The average Bonchev–Trinajstić information content (AvgIpc) is 2.31. The molecule has 0 bridgehead atoms. The maximum atomic E-state index is 10.6. The lowest BCUT2D eigenvalue weighted by Crippen LogP contribution is -2.19. The van der Waals surface area contributed by atoms with E-state index in [9.17, 15) is 4.79 Å². The summed E-state index contributed by atoms with van der Waals surface area (Å²) in [5, 5.41) is 0.889. The van der Waals surface area contributed by atoms with Crippen LogP contribution in [0.4, 0.5) is 4.79 Å². The smallest absolute Gasteiger partial charge is 0.244 e. The Kier molecular flexibility index (Phi) is 0.750. The molecule has 10 heavy (non-hydrogen) atoms. The van der Waals surface area contributed by atoms with Crippen LogP contribution in [0.1, 0.15) is 1.37 Å². The van der Waals surface area contributed by atoms with Gasteiger partial charge in [0.1, 0.15) is 0 Å². The zero-order chi connectivity index (χ0) is 7.84. The van der Waals surface area contributed by atoms with E-state index in [-0.39, 0.29) is 6.04 Å². The van der Waals surface area contributed by atoms with Crippen molar-refractivity contribution in [2.75, 3.05) is 0 Å². The minimum atomic E-state index is -0.514. The Balaban J connectivity index is 2.97. The van der Waals surface area contributed by atoms with Crippen molar-refractivity contribution in [2.24, 2.45) is 9.98 Å². The maximum absolute atomic E-state index is 10.6. The summed E-state index contributed by atoms with van der Waals surface area (Å²) >= 11 is 0. The monoisotopic (exact) mass is 133 g/mol. The average molecular weight is 133 g/mol. The largest absolute Gasteiger partial charge is 0.368 e. The zero-order valence-electron chi connectivity index (χ0n) is 6.03. The van der Waals surface area contributed by atoms with E-state index in [1.54, 1.807) is 18.2 Å². The van der Waals surface area contributed by atoms with Crippen molar-refractivity contribution in [2.45, 2.75) is 0 Å². The van der Waals surface area contributed by atoms with Crippen LogP contribution in [-0.2, 0) is 0 Å². The molecule has 1 aromatic rings. The van der Waals surface area contributed by atoms with Crippen molar-refractivity contribution in [3.05, 3.63) is 35.0 Å². The number of hydrogen-bond acceptors (Lipinski definition) is 1. The second kappa shape index (κ2) is 1.73. The van der Waals surface area contributed by atoms with Gasteiger partial charge in [-0.3, -0.25) is 0 Å². The van der Waals surface area contributed by atoms with Crippen LogP contribution in [0.25, 0.3) is 0 Å². The Bertz CT molecular complexity index is 438. The normalized spacial score (nSPS) is 15.2. The van der Waals surface area contributed by atoms with E-state index in [4.69, 9.17) is 1.37 Å². The van der Waals surface area contributed by atoms with E-state index < -0.39 is 6.03 Å². The lowest BCUT2D eigenvalue weighted by molar-refractivity contribution is 0.256. The third-order valence-corrected chi connectivity index (χ3v) is 1.24. The molecule has 3 nitrogen and oxygen atoms in total. The van der Waals surface area contributed by atoms with Crippen molar-refractivity contribution < 1.29 is 6.17 Å². The number of para-hydroxylation sites is 2. The highest BCUT2D eigenvalue weighted by Gasteiger charge is 2.01. The summed E-state index contributed by atoms with van der Waals surface area (Å²) in [5.41, 5.74) is 0. The van der Waals surface area contributed by atoms with Crippen LogP contribution in [0.2, 0.25) is 0 Å². The highest BCUT2D eigenvalue weighted by Crippen LogP contribution is 1.82. The Morgan fingerprint density at radius 1 is 1.30 bits per heavy atom. The second-order valence-corrected chi connectivity index (χ2v) is 1.91. The van der Waals surface area contributed by atoms with Crippen LogP contribution in [0.3, 0.4) is 0 Å². The third-order valence-electron chi connectivity index (χ3n) is 1.24. The predicted octanol–water partition coefficient (Wildman–Crippen LogP) is 0.0594. The summed E-state index contributed by atoms with van der Waals surface area (Å²) in [6.07, 6.45) is 0. The van der Waals surface area contributed by atoms with Gasteiger partial charge in [-0.05, 0) is 12.1 Å². The highest BCUT2D eigenvalue weighted by atomic mass is 16.2. The number of hydrogen-bond donors (Lipinski definition) is 0. The van der Waals surface area contributed by atoms with Gasteiger partial charge in [-0.2, -0.15) is 9.98 Å². The summed E-state index contributed by atoms with van der Waals surface area (Å²) in [7, 11) is 0. The van der Waals surface area contributed by atoms with Gasteiger partial charge in [0.2, 0.25) is 0 Å². The molecule has 48 valence electrons. The molecule has 2 amide bonds. The SMILES string of the molecule is [2H]c1cccc2c1=NC(=O)N=2. The van der Waals surface area contributed by atoms with Crippen LogP contribution >= 0.6 is 0 Å². The van der Waals surface area contributed by atoms with Crippen LogP contribution in [0, 0.1) is 0 Å². The molecule has 1 aromatic carbocycles. The minimum Gasteiger partial charge on any atom is -0.244 e. The first-order valence-corrected chi connectivity index (χ1v) is 2.84. The van der Waals surface area contributed by atoms with Crippen molar-refractivity contribution in [3.63, 3.8) is 0 Å². The molecule has 1 aliphatic heterocycles.